The lowest BCUT2D eigenvalue weighted by atomic mass is 9.83. The van der Waals surface area contributed by atoms with E-state index in [0.717, 1.165) is 28.4 Å². The Morgan fingerprint density at radius 1 is 1.04 bits per heavy atom. The molecule has 2 unspecified atom stereocenters. The van der Waals surface area contributed by atoms with Crippen LogP contribution in [0.5, 0.6) is 0 Å². The van der Waals surface area contributed by atoms with Gasteiger partial charge in [-0.3, -0.25) is 0 Å². The van der Waals surface area contributed by atoms with Crippen LogP contribution in [0, 0.1) is 18.8 Å². The van der Waals surface area contributed by atoms with E-state index in [1.54, 1.807) is 0 Å². The fraction of sp³-hybridized carbons (Fsp3) is 0.667. The van der Waals surface area contributed by atoms with Crippen LogP contribution in [0.3, 0.4) is 0 Å². The molecule has 0 radical (unpaired) electrons. The lowest BCUT2D eigenvalue weighted by Gasteiger charge is -2.32. The molecule has 0 N–H and O–H groups in total. The zero-order valence-corrected chi connectivity index (χ0v) is 15.8. The molecule has 0 amide bonds. The van der Waals surface area contributed by atoms with E-state index in [0.29, 0.717) is 11.2 Å². The summed E-state index contributed by atoms with van der Waals surface area (Å²) in [7, 11) is 2.23. The molecule has 2 aromatic rings. The van der Waals surface area contributed by atoms with Crippen molar-refractivity contribution in [2.75, 3.05) is 20.1 Å². The first-order valence-corrected chi connectivity index (χ1v) is 9.67. The third kappa shape index (κ3) is 2.93. The maximum atomic E-state index is 6.30. The minimum absolute atomic E-state index is 0.233. The fourth-order valence-electron chi connectivity index (χ4n) is 4.71. The van der Waals surface area contributed by atoms with Gasteiger partial charge in [-0.25, -0.2) is 4.98 Å². The van der Waals surface area contributed by atoms with Gasteiger partial charge in [0.05, 0.1) is 5.39 Å². The van der Waals surface area contributed by atoms with Crippen LogP contribution < -0.4 is 0 Å². The van der Waals surface area contributed by atoms with E-state index in [2.05, 4.69) is 39.6 Å². The fourth-order valence-corrected chi connectivity index (χ4v) is 5.23. The summed E-state index contributed by atoms with van der Waals surface area (Å²) in [5, 5.41) is 1.65. The first kappa shape index (κ1) is 16.6. The molecule has 0 aromatic carbocycles. The Hall–Kier alpha value is -0.840. The molecule has 24 heavy (non-hydrogen) atoms. The van der Waals surface area contributed by atoms with Crippen molar-refractivity contribution in [2.45, 2.75) is 45.1 Å². The number of nitrogens with zero attached hydrogens (tertiary/aromatic N) is 4. The van der Waals surface area contributed by atoms with Gasteiger partial charge in [0.15, 0.2) is 0 Å². The van der Waals surface area contributed by atoms with Gasteiger partial charge >= 0.3 is 0 Å². The molecular weight excluding hydrogens is 343 g/mol. The number of hydrogen-bond donors (Lipinski definition) is 0. The van der Waals surface area contributed by atoms with Crippen molar-refractivity contribution in [3.63, 3.8) is 0 Å². The summed E-state index contributed by atoms with van der Waals surface area (Å²) in [4.78, 5) is 11.0. The van der Waals surface area contributed by atoms with Crippen LogP contribution in [-0.2, 0) is 0 Å². The quantitative estimate of drug-likeness (QED) is 0.568. The predicted octanol–water partition coefficient (Wildman–Crippen LogP) is 4.73. The maximum absolute atomic E-state index is 6.30. The molecule has 2 aliphatic rings. The van der Waals surface area contributed by atoms with Gasteiger partial charge in [-0.2, -0.15) is 4.98 Å². The van der Waals surface area contributed by atoms with Gasteiger partial charge in [-0.05, 0) is 88.2 Å². The molecule has 1 saturated carbocycles. The topological polar surface area (TPSA) is 34.0 Å². The lowest BCUT2D eigenvalue weighted by molar-refractivity contribution is 0.170. The van der Waals surface area contributed by atoms with E-state index < -0.39 is 0 Å². The summed E-state index contributed by atoms with van der Waals surface area (Å²) in [5.74, 6) is 1.73. The highest BCUT2D eigenvalue weighted by molar-refractivity contribution is 6.35. The van der Waals surface area contributed by atoms with Gasteiger partial charge in [-0.15, -0.1) is 0 Å². The summed E-state index contributed by atoms with van der Waals surface area (Å²) in [5.41, 5.74) is 2.03. The highest BCUT2D eigenvalue weighted by Crippen LogP contribution is 2.43. The number of aromatic nitrogens is 3. The minimum atomic E-state index is 0.233. The van der Waals surface area contributed by atoms with Gasteiger partial charge in [0.25, 0.3) is 0 Å². The van der Waals surface area contributed by atoms with Crippen molar-refractivity contribution in [3.05, 3.63) is 22.2 Å². The van der Waals surface area contributed by atoms with Gasteiger partial charge < -0.3 is 9.47 Å². The van der Waals surface area contributed by atoms with E-state index in [9.17, 15) is 0 Å². The molecule has 6 heteroatoms. The van der Waals surface area contributed by atoms with Gasteiger partial charge in [0.1, 0.15) is 10.8 Å². The van der Waals surface area contributed by atoms with Crippen molar-refractivity contribution < 1.29 is 0 Å². The number of aryl methyl sites for hydroxylation is 1. The molecule has 130 valence electrons. The van der Waals surface area contributed by atoms with Crippen molar-refractivity contribution in [1.29, 1.82) is 0 Å². The van der Waals surface area contributed by atoms with Crippen LogP contribution in [0.4, 0.5) is 0 Å². The first-order valence-electron chi connectivity index (χ1n) is 8.91. The zero-order chi connectivity index (χ0) is 16.8. The summed E-state index contributed by atoms with van der Waals surface area (Å²) in [6, 6.07) is 0.507. The van der Waals surface area contributed by atoms with Crippen molar-refractivity contribution in [3.8, 4) is 0 Å². The number of hydrogen-bond acceptors (Lipinski definition) is 3. The van der Waals surface area contributed by atoms with Gasteiger partial charge in [0, 0.05) is 12.2 Å². The number of rotatable bonds is 2. The second-order valence-electron chi connectivity index (χ2n) is 7.57. The number of halogens is 2. The second-order valence-corrected chi connectivity index (χ2v) is 8.27. The lowest BCUT2D eigenvalue weighted by Crippen LogP contribution is -2.32. The summed E-state index contributed by atoms with van der Waals surface area (Å²) in [6.07, 6.45) is 8.67. The molecule has 2 atom stereocenters. The Balaban J connectivity index is 1.58. The third-order valence-corrected chi connectivity index (χ3v) is 6.50. The molecule has 4 rings (SSSR count). The second kappa shape index (κ2) is 6.47. The Kier molecular flexibility index (Phi) is 4.48. The van der Waals surface area contributed by atoms with E-state index in [1.807, 2.05) is 0 Å². The molecule has 0 spiro atoms. The number of likely N-dealkylation sites (tertiary alicyclic amines) is 1. The van der Waals surface area contributed by atoms with Crippen LogP contribution in [0.25, 0.3) is 11.0 Å². The van der Waals surface area contributed by atoms with Crippen LogP contribution >= 0.6 is 23.2 Å². The van der Waals surface area contributed by atoms with E-state index >= 15 is 0 Å². The zero-order valence-electron chi connectivity index (χ0n) is 14.3. The summed E-state index contributed by atoms with van der Waals surface area (Å²) in [6.45, 7) is 4.57. The molecule has 1 saturated heterocycles. The van der Waals surface area contributed by atoms with Crippen molar-refractivity contribution >= 4 is 34.2 Å². The maximum Gasteiger partial charge on any atom is 0.225 e. The van der Waals surface area contributed by atoms with Crippen LogP contribution in [-0.4, -0.2) is 39.6 Å². The van der Waals surface area contributed by atoms with Gasteiger partial charge in [0.2, 0.25) is 5.28 Å². The molecule has 2 fully saturated rings. The van der Waals surface area contributed by atoms with Crippen molar-refractivity contribution in [1.82, 2.24) is 19.4 Å². The van der Waals surface area contributed by atoms with Crippen LogP contribution in [0.15, 0.2) is 6.20 Å². The molecule has 1 aliphatic carbocycles. The van der Waals surface area contributed by atoms with E-state index in [1.165, 1.54) is 45.2 Å². The molecule has 1 aliphatic heterocycles. The van der Waals surface area contributed by atoms with Crippen LogP contribution in [0.1, 0.15) is 43.7 Å². The highest BCUT2D eigenvalue weighted by atomic mass is 35.5. The molecule has 4 nitrogen and oxygen atoms in total. The Morgan fingerprint density at radius 3 is 2.54 bits per heavy atom. The highest BCUT2D eigenvalue weighted by Gasteiger charge is 2.34. The Bertz CT molecular complexity index is 749. The number of piperidine rings is 1. The standard InChI is InChI=1S/C18H24Cl2N4/c1-11-10-24(17-15(11)16(19)21-18(20)22-17)14-4-3-13(9-14)12-5-7-23(2)8-6-12/h10,12-14H,3-9H2,1-2H3. The number of fused-ring (bicyclic) bond motifs is 1. The average molecular weight is 367 g/mol. The Morgan fingerprint density at radius 2 is 1.79 bits per heavy atom. The molecule has 3 heterocycles. The SMILES string of the molecule is Cc1cn(C2CCC(C3CCN(C)CC3)C2)c2nc(Cl)nc(Cl)c12. The third-order valence-electron chi connectivity index (χ3n) is 6.06. The Labute approximate surface area is 153 Å². The normalized spacial score (nSPS) is 26.5. The summed E-state index contributed by atoms with van der Waals surface area (Å²) < 4.78 is 2.30. The predicted molar refractivity (Wildman–Crippen MR) is 98.9 cm³/mol. The molecule has 2 aromatic heterocycles. The van der Waals surface area contributed by atoms with E-state index in [-0.39, 0.29) is 5.28 Å². The largest absolute Gasteiger partial charge is 0.329 e. The van der Waals surface area contributed by atoms with Crippen LogP contribution in [0.2, 0.25) is 10.4 Å². The van der Waals surface area contributed by atoms with E-state index in [4.69, 9.17) is 23.2 Å². The van der Waals surface area contributed by atoms with Crippen molar-refractivity contribution in [2.24, 2.45) is 11.8 Å². The van der Waals surface area contributed by atoms with Gasteiger partial charge in [-0.1, -0.05) is 11.6 Å². The first-order chi connectivity index (χ1) is 11.5. The molecule has 0 bridgehead atoms. The average Bonchev–Trinajstić information content (AvgIpc) is 3.13. The minimum Gasteiger partial charge on any atom is -0.329 e. The summed E-state index contributed by atoms with van der Waals surface area (Å²) >= 11 is 12.3. The molecular formula is C18H24Cl2N4. The monoisotopic (exact) mass is 366 g/mol. The smallest absolute Gasteiger partial charge is 0.225 e.